The van der Waals surface area contributed by atoms with Crippen molar-refractivity contribution in [2.75, 3.05) is 32.1 Å². The van der Waals surface area contributed by atoms with Crippen LogP contribution < -0.4 is 11.1 Å². The van der Waals surface area contributed by atoms with Gasteiger partial charge in [0.15, 0.2) is 0 Å². The highest BCUT2D eigenvalue weighted by atomic mass is 35.5. The van der Waals surface area contributed by atoms with Gasteiger partial charge >= 0.3 is 0 Å². The molecule has 1 fully saturated rings. The van der Waals surface area contributed by atoms with Crippen molar-refractivity contribution in [3.8, 4) is 0 Å². The Labute approximate surface area is 145 Å². The van der Waals surface area contributed by atoms with Crippen LogP contribution in [0, 0.1) is 13.8 Å². The number of likely N-dealkylation sites (tertiary alicyclic amines) is 1. The molecule has 1 aliphatic heterocycles. The van der Waals surface area contributed by atoms with Gasteiger partial charge in [0.1, 0.15) is 0 Å². The highest BCUT2D eigenvalue weighted by Gasteiger charge is 2.28. The van der Waals surface area contributed by atoms with E-state index in [9.17, 15) is 4.79 Å². The van der Waals surface area contributed by atoms with Crippen LogP contribution in [0.3, 0.4) is 0 Å². The van der Waals surface area contributed by atoms with Gasteiger partial charge in [0.05, 0.1) is 12.6 Å². The number of hydrogen-bond acceptors (Lipinski definition) is 4. The number of carbonyl (C=O) groups excluding carboxylic acids is 1. The summed E-state index contributed by atoms with van der Waals surface area (Å²) in [6.45, 7) is 5.84. The van der Waals surface area contributed by atoms with Gasteiger partial charge in [0, 0.05) is 31.9 Å². The van der Waals surface area contributed by atoms with Crippen molar-refractivity contribution in [3.63, 3.8) is 0 Å². The smallest absolute Gasteiger partial charge is 0.238 e. The fourth-order valence-electron chi connectivity index (χ4n) is 3.06. The number of anilines is 1. The first-order valence-electron chi connectivity index (χ1n) is 7.87. The molecule has 130 valence electrons. The van der Waals surface area contributed by atoms with Crippen LogP contribution in [0.2, 0.25) is 0 Å². The summed E-state index contributed by atoms with van der Waals surface area (Å²) in [5, 5.41) is 3.00. The first kappa shape index (κ1) is 19.9. The third kappa shape index (κ3) is 5.46. The summed E-state index contributed by atoms with van der Waals surface area (Å²) in [6, 6.07) is 6.25. The first-order valence-corrected chi connectivity index (χ1v) is 7.87. The molecule has 23 heavy (non-hydrogen) atoms. The van der Waals surface area contributed by atoms with E-state index in [2.05, 4.69) is 16.3 Å². The van der Waals surface area contributed by atoms with E-state index >= 15 is 0 Å². The van der Waals surface area contributed by atoms with Gasteiger partial charge in [-0.05, 0) is 38.3 Å². The highest BCUT2D eigenvalue weighted by Crippen LogP contribution is 2.20. The topological polar surface area (TPSA) is 67.6 Å². The van der Waals surface area contributed by atoms with E-state index in [1.165, 1.54) is 5.56 Å². The maximum absolute atomic E-state index is 12.3. The Hall–Kier alpha value is -1.14. The molecule has 0 aromatic heterocycles. The summed E-state index contributed by atoms with van der Waals surface area (Å²) in [4.78, 5) is 14.5. The van der Waals surface area contributed by atoms with Gasteiger partial charge in [-0.25, -0.2) is 0 Å². The largest absolute Gasteiger partial charge is 0.381 e. The number of carbonyl (C=O) groups is 1. The molecule has 1 amide bonds. The lowest BCUT2D eigenvalue weighted by molar-refractivity contribution is -0.118. The fraction of sp³-hybridized carbons (Fsp3) is 0.588. The van der Waals surface area contributed by atoms with Crippen LogP contribution in [0.4, 0.5) is 5.69 Å². The second-order valence-corrected chi connectivity index (χ2v) is 6.11. The summed E-state index contributed by atoms with van der Waals surface area (Å²) < 4.78 is 5.42. The average molecular weight is 342 g/mol. The van der Waals surface area contributed by atoms with E-state index in [0.29, 0.717) is 13.1 Å². The Morgan fingerprint density at radius 1 is 1.43 bits per heavy atom. The maximum Gasteiger partial charge on any atom is 0.238 e. The molecule has 6 heteroatoms. The molecule has 0 saturated carbocycles. The number of piperidine rings is 1. The third-order valence-electron chi connectivity index (χ3n) is 4.40. The Bertz CT molecular complexity index is 525. The van der Waals surface area contributed by atoms with E-state index in [-0.39, 0.29) is 30.5 Å². The van der Waals surface area contributed by atoms with E-state index in [1.807, 2.05) is 26.0 Å². The second kappa shape index (κ2) is 9.23. The minimum absolute atomic E-state index is 0. The predicted octanol–water partition coefficient (Wildman–Crippen LogP) is 2.10. The summed E-state index contributed by atoms with van der Waals surface area (Å²) in [5.41, 5.74) is 9.01. The monoisotopic (exact) mass is 341 g/mol. The van der Waals surface area contributed by atoms with Crippen molar-refractivity contribution in [2.24, 2.45) is 5.73 Å². The molecule has 1 aromatic carbocycles. The van der Waals surface area contributed by atoms with E-state index < -0.39 is 0 Å². The van der Waals surface area contributed by atoms with Gasteiger partial charge in [-0.15, -0.1) is 12.4 Å². The number of hydrogen-bond donors (Lipinski definition) is 2. The number of ether oxygens (including phenoxy) is 1. The summed E-state index contributed by atoms with van der Waals surface area (Å²) >= 11 is 0. The van der Waals surface area contributed by atoms with Crippen LogP contribution >= 0.6 is 12.4 Å². The van der Waals surface area contributed by atoms with E-state index in [1.54, 1.807) is 7.11 Å². The number of amides is 1. The van der Waals surface area contributed by atoms with Crippen molar-refractivity contribution >= 4 is 24.0 Å². The van der Waals surface area contributed by atoms with Crippen molar-refractivity contribution in [3.05, 3.63) is 29.3 Å². The average Bonchev–Trinajstić information content (AvgIpc) is 2.50. The molecule has 0 bridgehead atoms. The third-order valence-corrected chi connectivity index (χ3v) is 4.40. The minimum atomic E-state index is 0. The molecule has 2 unspecified atom stereocenters. The number of benzene rings is 1. The Kier molecular flexibility index (Phi) is 7.99. The van der Waals surface area contributed by atoms with Crippen LogP contribution in [-0.2, 0) is 9.53 Å². The molecule has 1 aromatic rings. The van der Waals surface area contributed by atoms with Crippen LogP contribution in [0.1, 0.15) is 24.0 Å². The number of nitrogens with one attached hydrogen (secondary N) is 1. The number of aryl methyl sites for hydroxylation is 2. The molecular formula is C17H28ClN3O2. The van der Waals surface area contributed by atoms with Crippen molar-refractivity contribution in [1.82, 2.24) is 4.90 Å². The SMILES string of the molecule is COC1CCN(CC(=O)Nc2ccc(C)cc2C)C(CN)C1.Cl. The Morgan fingerprint density at radius 2 is 2.17 bits per heavy atom. The lowest BCUT2D eigenvalue weighted by atomic mass is 9.99. The second-order valence-electron chi connectivity index (χ2n) is 6.11. The quantitative estimate of drug-likeness (QED) is 0.860. The van der Waals surface area contributed by atoms with Gasteiger partial charge < -0.3 is 15.8 Å². The van der Waals surface area contributed by atoms with Crippen molar-refractivity contribution in [1.29, 1.82) is 0 Å². The number of nitrogens with two attached hydrogens (primary N) is 1. The lowest BCUT2D eigenvalue weighted by Crippen LogP contribution is -2.51. The summed E-state index contributed by atoms with van der Waals surface area (Å²) in [7, 11) is 1.74. The van der Waals surface area contributed by atoms with Crippen molar-refractivity contribution < 1.29 is 9.53 Å². The van der Waals surface area contributed by atoms with Gasteiger partial charge in [0.2, 0.25) is 5.91 Å². The molecule has 5 nitrogen and oxygen atoms in total. The molecule has 0 aliphatic carbocycles. The summed E-state index contributed by atoms with van der Waals surface area (Å²) in [6.07, 6.45) is 2.10. The van der Waals surface area contributed by atoms with Gasteiger partial charge in [-0.1, -0.05) is 17.7 Å². The molecule has 1 saturated heterocycles. The van der Waals surface area contributed by atoms with Gasteiger partial charge in [0.25, 0.3) is 0 Å². The molecular weight excluding hydrogens is 314 g/mol. The zero-order valence-electron chi connectivity index (χ0n) is 14.2. The standard InChI is InChI=1S/C17H27N3O2.ClH/c1-12-4-5-16(13(2)8-12)19-17(21)11-20-7-6-15(22-3)9-14(20)10-18;/h4-5,8,14-15H,6-7,9-11,18H2,1-3H3,(H,19,21);1H. The lowest BCUT2D eigenvalue weighted by Gasteiger charge is -2.37. The number of methoxy groups -OCH3 is 1. The number of rotatable bonds is 5. The van der Waals surface area contributed by atoms with Crippen LogP contribution in [0.15, 0.2) is 18.2 Å². The molecule has 3 N–H and O–H groups in total. The first-order chi connectivity index (χ1) is 10.5. The van der Waals surface area contributed by atoms with Crippen LogP contribution in [0.5, 0.6) is 0 Å². The van der Waals surface area contributed by atoms with Crippen LogP contribution in [-0.4, -0.2) is 49.7 Å². The van der Waals surface area contributed by atoms with Crippen LogP contribution in [0.25, 0.3) is 0 Å². The highest BCUT2D eigenvalue weighted by molar-refractivity contribution is 5.93. The normalized spacial score (nSPS) is 21.6. The fourth-order valence-corrected chi connectivity index (χ4v) is 3.06. The van der Waals surface area contributed by atoms with Gasteiger partial charge in [-0.3, -0.25) is 9.69 Å². The number of nitrogens with zero attached hydrogens (tertiary/aromatic N) is 1. The molecule has 2 rings (SSSR count). The molecule has 2 atom stereocenters. The maximum atomic E-state index is 12.3. The van der Waals surface area contributed by atoms with E-state index in [0.717, 1.165) is 30.6 Å². The zero-order valence-corrected chi connectivity index (χ0v) is 15.0. The van der Waals surface area contributed by atoms with Gasteiger partial charge in [-0.2, -0.15) is 0 Å². The Balaban J connectivity index is 0.00000264. The number of halogens is 1. The minimum Gasteiger partial charge on any atom is -0.381 e. The molecule has 0 spiro atoms. The zero-order chi connectivity index (χ0) is 16.1. The Morgan fingerprint density at radius 3 is 2.78 bits per heavy atom. The molecule has 1 heterocycles. The van der Waals surface area contributed by atoms with Crippen molar-refractivity contribution in [2.45, 2.75) is 38.8 Å². The summed E-state index contributed by atoms with van der Waals surface area (Å²) in [5.74, 6) is 0.0151. The molecule has 1 aliphatic rings. The van der Waals surface area contributed by atoms with E-state index in [4.69, 9.17) is 10.5 Å². The molecule has 0 radical (unpaired) electrons. The predicted molar refractivity (Wildman–Crippen MR) is 96.2 cm³/mol.